The molecule has 0 fully saturated rings. The Kier molecular flexibility index (Phi) is 5.91. The van der Waals surface area contributed by atoms with Gasteiger partial charge < -0.3 is 14.8 Å². The number of carbonyl (C=O) groups excluding carboxylic acids is 1. The van der Waals surface area contributed by atoms with Crippen molar-refractivity contribution in [3.8, 4) is 0 Å². The second-order valence-corrected chi connectivity index (χ2v) is 6.73. The maximum Gasteiger partial charge on any atom is 0.337 e. The Hall–Kier alpha value is -2.97. The van der Waals surface area contributed by atoms with Crippen LogP contribution in [0.5, 0.6) is 0 Å². The summed E-state index contributed by atoms with van der Waals surface area (Å²) >= 11 is 6.70. The SMILES string of the molecule is COC(=O)c1ccc(C(Cl)(Cc2cnc(Nc3cnn(C)c3)nc2)OC)cc1. The van der Waals surface area contributed by atoms with Crippen molar-refractivity contribution in [1.82, 2.24) is 19.7 Å². The van der Waals surface area contributed by atoms with Crippen LogP contribution in [-0.2, 0) is 28.0 Å². The van der Waals surface area contributed by atoms with E-state index in [4.69, 9.17) is 21.1 Å². The predicted molar refractivity (Wildman–Crippen MR) is 105 cm³/mol. The van der Waals surface area contributed by atoms with Crippen LogP contribution in [0.2, 0.25) is 0 Å². The molecule has 0 aliphatic heterocycles. The predicted octanol–water partition coefficient (Wildman–Crippen LogP) is 3.02. The normalized spacial score (nSPS) is 13.0. The van der Waals surface area contributed by atoms with E-state index in [-0.39, 0.29) is 0 Å². The summed E-state index contributed by atoms with van der Waals surface area (Å²) in [6, 6.07) is 6.77. The Morgan fingerprint density at radius 2 is 1.86 bits per heavy atom. The van der Waals surface area contributed by atoms with E-state index in [0.717, 1.165) is 11.3 Å². The number of esters is 1. The number of nitrogens with one attached hydrogen (secondary N) is 1. The van der Waals surface area contributed by atoms with Gasteiger partial charge in [0.1, 0.15) is 0 Å². The van der Waals surface area contributed by atoms with Gasteiger partial charge >= 0.3 is 5.97 Å². The summed E-state index contributed by atoms with van der Waals surface area (Å²) < 4.78 is 11.9. The van der Waals surface area contributed by atoms with Gasteiger partial charge in [-0.1, -0.05) is 23.7 Å². The van der Waals surface area contributed by atoms with Crippen molar-refractivity contribution >= 4 is 29.2 Å². The maximum atomic E-state index is 11.6. The minimum atomic E-state index is -1.11. The lowest BCUT2D eigenvalue weighted by atomic mass is 10.0. The van der Waals surface area contributed by atoms with Gasteiger partial charge in [0.05, 0.1) is 24.6 Å². The third kappa shape index (κ3) is 4.47. The zero-order valence-corrected chi connectivity index (χ0v) is 16.5. The minimum Gasteiger partial charge on any atom is -0.465 e. The molecule has 3 aromatic rings. The van der Waals surface area contributed by atoms with Gasteiger partial charge in [0.15, 0.2) is 5.06 Å². The zero-order valence-electron chi connectivity index (χ0n) is 15.7. The molecule has 0 saturated carbocycles. The summed E-state index contributed by atoms with van der Waals surface area (Å²) in [4.78, 5) is 20.2. The number of benzene rings is 1. The summed E-state index contributed by atoms with van der Waals surface area (Å²) in [7, 11) is 4.70. The van der Waals surface area contributed by atoms with Crippen LogP contribution in [0.15, 0.2) is 49.1 Å². The van der Waals surface area contributed by atoms with Crippen LogP contribution in [0.25, 0.3) is 0 Å². The van der Waals surface area contributed by atoms with Gasteiger partial charge in [-0.25, -0.2) is 14.8 Å². The van der Waals surface area contributed by atoms with Crippen LogP contribution in [0.3, 0.4) is 0 Å². The second kappa shape index (κ2) is 8.37. The van der Waals surface area contributed by atoms with E-state index in [1.165, 1.54) is 14.2 Å². The molecule has 0 aliphatic rings. The molecular formula is C19H20ClN5O3. The topological polar surface area (TPSA) is 91.2 Å². The quantitative estimate of drug-likeness (QED) is 0.480. The summed E-state index contributed by atoms with van der Waals surface area (Å²) in [5, 5.41) is 6.04. The molecule has 0 bridgehead atoms. The number of aryl methyl sites for hydroxylation is 1. The lowest BCUT2D eigenvalue weighted by Crippen LogP contribution is -2.24. The first-order valence-corrected chi connectivity index (χ1v) is 8.81. The number of hydrogen-bond donors (Lipinski definition) is 1. The van der Waals surface area contributed by atoms with Crippen molar-refractivity contribution in [3.05, 3.63) is 65.7 Å². The van der Waals surface area contributed by atoms with E-state index in [9.17, 15) is 4.79 Å². The van der Waals surface area contributed by atoms with Crippen molar-refractivity contribution < 1.29 is 14.3 Å². The van der Waals surface area contributed by atoms with Crippen molar-refractivity contribution in [3.63, 3.8) is 0 Å². The number of rotatable bonds is 7. The molecular weight excluding hydrogens is 382 g/mol. The van der Waals surface area contributed by atoms with Gasteiger partial charge in [0.25, 0.3) is 0 Å². The largest absolute Gasteiger partial charge is 0.465 e. The van der Waals surface area contributed by atoms with Crippen LogP contribution in [0, 0.1) is 0 Å². The average molecular weight is 402 g/mol. The molecule has 1 atom stereocenters. The molecule has 1 N–H and O–H groups in total. The van der Waals surface area contributed by atoms with Crippen LogP contribution < -0.4 is 5.32 Å². The fourth-order valence-corrected chi connectivity index (χ4v) is 2.93. The highest BCUT2D eigenvalue weighted by Crippen LogP contribution is 2.34. The Bertz CT molecular complexity index is 943. The lowest BCUT2D eigenvalue weighted by Gasteiger charge is -2.26. The molecule has 3 rings (SSSR count). The molecule has 0 amide bonds. The van der Waals surface area contributed by atoms with Gasteiger partial charge in [0, 0.05) is 39.2 Å². The third-order valence-electron chi connectivity index (χ3n) is 4.16. The van der Waals surface area contributed by atoms with Gasteiger partial charge in [-0.3, -0.25) is 4.68 Å². The smallest absolute Gasteiger partial charge is 0.337 e. The number of nitrogens with zero attached hydrogens (tertiary/aromatic N) is 4. The number of carbonyl (C=O) groups is 1. The number of hydrogen-bond acceptors (Lipinski definition) is 7. The first-order valence-electron chi connectivity index (χ1n) is 8.43. The Labute approximate surface area is 167 Å². The molecule has 1 aromatic carbocycles. The highest BCUT2D eigenvalue weighted by Gasteiger charge is 2.30. The van der Waals surface area contributed by atoms with Crippen molar-refractivity contribution in [2.75, 3.05) is 19.5 Å². The highest BCUT2D eigenvalue weighted by molar-refractivity contribution is 6.23. The van der Waals surface area contributed by atoms with Gasteiger partial charge in [-0.2, -0.15) is 5.10 Å². The van der Waals surface area contributed by atoms with Crippen LogP contribution in [-0.4, -0.2) is 39.9 Å². The zero-order chi connectivity index (χ0) is 20.1. The molecule has 8 nitrogen and oxygen atoms in total. The molecule has 0 radical (unpaired) electrons. The summed E-state index contributed by atoms with van der Waals surface area (Å²) in [6.07, 6.45) is 7.22. The number of aromatic nitrogens is 4. The second-order valence-electron chi connectivity index (χ2n) is 6.12. The molecule has 9 heteroatoms. The van der Waals surface area contributed by atoms with Crippen LogP contribution in [0.4, 0.5) is 11.6 Å². The number of halogens is 1. The molecule has 28 heavy (non-hydrogen) atoms. The van der Waals surface area contributed by atoms with E-state index < -0.39 is 11.0 Å². The summed E-state index contributed by atoms with van der Waals surface area (Å²) in [5.41, 5.74) is 2.74. The molecule has 2 aromatic heterocycles. The summed E-state index contributed by atoms with van der Waals surface area (Å²) in [6.45, 7) is 0. The Morgan fingerprint density at radius 3 is 2.39 bits per heavy atom. The average Bonchev–Trinajstić information content (AvgIpc) is 3.13. The molecule has 0 saturated heterocycles. The third-order valence-corrected chi connectivity index (χ3v) is 4.66. The van der Waals surface area contributed by atoms with Crippen molar-refractivity contribution in [1.29, 1.82) is 0 Å². The van der Waals surface area contributed by atoms with Gasteiger partial charge in [-0.15, -0.1) is 0 Å². The number of anilines is 2. The van der Waals surface area contributed by atoms with E-state index in [1.807, 2.05) is 13.2 Å². The Morgan fingerprint density at radius 1 is 1.18 bits per heavy atom. The molecule has 2 heterocycles. The molecule has 1 unspecified atom stereocenters. The van der Waals surface area contributed by atoms with E-state index in [2.05, 4.69) is 20.4 Å². The van der Waals surface area contributed by atoms with Crippen LogP contribution in [0.1, 0.15) is 21.5 Å². The van der Waals surface area contributed by atoms with Crippen molar-refractivity contribution in [2.24, 2.45) is 7.05 Å². The fourth-order valence-electron chi connectivity index (χ4n) is 2.65. The lowest BCUT2D eigenvalue weighted by molar-refractivity contribution is 0.0592. The number of methoxy groups -OCH3 is 2. The molecule has 146 valence electrons. The van der Waals surface area contributed by atoms with E-state index >= 15 is 0 Å². The number of ether oxygens (including phenoxy) is 2. The maximum absolute atomic E-state index is 11.6. The first kappa shape index (κ1) is 19.8. The first-order chi connectivity index (χ1) is 13.4. The minimum absolute atomic E-state index is 0.343. The molecule has 0 aliphatic carbocycles. The van der Waals surface area contributed by atoms with E-state index in [0.29, 0.717) is 23.5 Å². The van der Waals surface area contributed by atoms with E-state index in [1.54, 1.807) is 47.5 Å². The highest BCUT2D eigenvalue weighted by atomic mass is 35.5. The number of alkyl halides is 1. The van der Waals surface area contributed by atoms with Crippen molar-refractivity contribution in [2.45, 2.75) is 11.5 Å². The standard InChI is InChI=1S/C19H20ClN5O3/c1-25-12-16(11-23-25)24-18-21-9-13(10-22-18)8-19(20,28-3)15-6-4-14(5-7-15)17(26)27-2/h4-7,9-12H,8H2,1-3H3,(H,21,22,24). The fraction of sp³-hybridized carbons (Fsp3) is 0.263. The molecule has 0 spiro atoms. The van der Waals surface area contributed by atoms with Gasteiger partial charge in [-0.05, 0) is 23.3 Å². The Balaban J connectivity index is 1.73. The van der Waals surface area contributed by atoms with Gasteiger partial charge in [0.2, 0.25) is 5.95 Å². The van der Waals surface area contributed by atoms with Crippen LogP contribution >= 0.6 is 11.6 Å². The monoisotopic (exact) mass is 401 g/mol. The summed E-state index contributed by atoms with van der Waals surface area (Å²) in [5.74, 6) is 0.0472.